The largest absolute Gasteiger partial charge is 0.460 e. The number of benzene rings is 2. The van der Waals surface area contributed by atoms with Crippen LogP contribution < -0.4 is 26.6 Å². The average Bonchev–Trinajstić information content (AvgIpc) is 3.72. The maximum atomic E-state index is 14.1. The number of esters is 1. The van der Waals surface area contributed by atoms with Gasteiger partial charge in [0.2, 0.25) is 29.5 Å². The Bertz CT molecular complexity index is 1880. The number of carbonyl (C=O) groups excluding carboxylic acids is 7. The summed E-state index contributed by atoms with van der Waals surface area (Å²) < 4.78 is 10.7. The number of hydrogen-bond acceptors (Lipinski definition) is 10. The van der Waals surface area contributed by atoms with E-state index in [4.69, 9.17) is 9.47 Å². The summed E-state index contributed by atoms with van der Waals surface area (Å²) in [5.41, 5.74) is 1.48. The van der Waals surface area contributed by atoms with Gasteiger partial charge < -0.3 is 35.7 Å². The van der Waals surface area contributed by atoms with Crippen LogP contribution in [0.25, 0.3) is 0 Å². The number of imide groups is 1. The summed E-state index contributed by atoms with van der Waals surface area (Å²) >= 11 is 0. The van der Waals surface area contributed by atoms with Crippen molar-refractivity contribution in [2.24, 2.45) is 11.8 Å². The minimum Gasteiger partial charge on any atom is -0.460 e. The summed E-state index contributed by atoms with van der Waals surface area (Å²) in [6, 6.07) is 13.5. The average molecular weight is 860 g/mol. The van der Waals surface area contributed by atoms with E-state index in [0.29, 0.717) is 25.0 Å². The Morgan fingerprint density at radius 1 is 0.661 bits per heavy atom. The lowest BCUT2D eigenvalue weighted by Gasteiger charge is -2.28. The highest BCUT2D eigenvalue weighted by molar-refractivity contribution is 6.00. The number of imidazole rings is 1. The molecular weight excluding hydrogens is 795 g/mol. The normalized spacial score (nSPS) is 13.2. The third-order valence-corrected chi connectivity index (χ3v) is 9.52. The van der Waals surface area contributed by atoms with Crippen LogP contribution in [0.3, 0.4) is 0 Å². The molecule has 3 rings (SSSR count). The van der Waals surface area contributed by atoms with Gasteiger partial charge in [-0.05, 0) is 63.0 Å². The Morgan fingerprint density at radius 2 is 1.23 bits per heavy atom. The third kappa shape index (κ3) is 19.5. The summed E-state index contributed by atoms with van der Waals surface area (Å²) in [5, 5.41) is 13.3. The predicted octanol–water partition coefficient (Wildman–Crippen LogP) is 4.97. The molecule has 3 aromatic rings. The first-order valence-electron chi connectivity index (χ1n) is 21.3. The first-order chi connectivity index (χ1) is 29.4. The van der Waals surface area contributed by atoms with Gasteiger partial charge >= 0.3 is 12.1 Å². The zero-order valence-corrected chi connectivity index (χ0v) is 37.1. The molecule has 1 aromatic heterocycles. The monoisotopic (exact) mass is 859 g/mol. The number of aromatic amines is 1. The molecular formula is C46H65N7O9. The summed E-state index contributed by atoms with van der Waals surface area (Å²) in [7, 11) is 0. The van der Waals surface area contributed by atoms with Crippen molar-refractivity contribution in [3.05, 3.63) is 90.0 Å². The van der Waals surface area contributed by atoms with E-state index in [-0.39, 0.29) is 50.6 Å². The van der Waals surface area contributed by atoms with Crippen LogP contribution in [-0.2, 0) is 57.7 Å². The maximum absolute atomic E-state index is 14.1. The molecule has 0 saturated heterocycles. The topological polar surface area (TPSA) is 227 Å². The van der Waals surface area contributed by atoms with E-state index < -0.39 is 71.3 Å². The molecule has 16 nitrogen and oxygen atoms in total. The van der Waals surface area contributed by atoms with Crippen molar-refractivity contribution >= 4 is 41.6 Å². The van der Waals surface area contributed by atoms with Crippen LogP contribution in [0.15, 0.2) is 73.2 Å². The second-order valence-electron chi connectivity index (χ2n) is 17.1. The molecule has 338 valence electrons. The number of amides is 6. The number of aromatic nitrogens is 2. The molecule has 0 fully saturated rings. The second kappa shape index (κ2) is 25.7. The molecule has 2 aromatic carbocycles. The van der Waals surface area contributed by atoms with Gasteiger partial charge in [0.15, 0.2) is 0 Å². The number of nitrogens with one attached hydrogen (secondary N) is 6. The quantitative estimate of drug-likeness (QED) is 0.0524. The van der Waals surface area contributed by atoms with Gasteiger partial charge in [-0.2, -0.15) is 0 Å². The number of carbonyl (C=O) groups is 7. The van der Waals surface area contributed by atoms with Crippen LogP contribution in [0.1, 0.15) is 110 Å². The molecule has 0 aliphatic rings. The van der Waals surface area contributed by atoms with Crippen LogP contribution in [-0.4, -0.2) is 81.3 Å². The Labute approximate surface area is 364 Å². The molecule has 4 atom stereocenters. The molecule has 16 heteroatoms. The molecule has 6 N–H and O–H groups in total. The van der Waals surface area contributed by atoms with Crippen molar-refractivity contribution < 1.29 is 43.0 Å². The summed E-state index contributed by atoms with van der Waals surface area (Å²) in [4.78, 5) is 100.0. The molecule has 6 amide bonds. The van der Waals surface area contributed by atoms with Crippen LogP contribution in [0.5, 0.6) is 0 Å². The van der Waals surface area contributed by atoms with Gasteiger partial charge in [0.25, 0.3) is 0 Å². The minimum absolute atomic E-state index is 0.0218. The number of hydrogen-bond donors (Lipinski definition) is 6. The van der Waals surface area contributed by atoms with Crippen molar-refractivity contribution in [1.29, 1.82) is 0 Å². The zero-order chi connectivity index (χ0) is 45.7. The Kier molecular flexibility index (Phi) is 20.8. The van der Waals surface area contributed by atoms with Crippen molar-refractivity contribution in [2.45, 2.75) is 143 Å². The van der Waals surface area contributed by atoms with Crippen LogP contribution in [0.4, 0.5) is 4.79 Å². The summed E-state index contributed by atoms with van der Waals surface area (Å²) in [5.74, 6) is -3.94. The van der Waals surface area contributed by atoms with Crippen molar-refractivity contribution in [1.82, 2.24) is 36.6 Å². The van der Waals surface area contributed by atoms with Gasteiger partial charge in [-0.1, -0.05) is 101 Å². The van der Waals surface area contributed by atoms with E-state index in [1.54, 1.807) is 50.2 Å². The molecule has 0 bridgehead atoms. The van der Waals surface area contributed by atoms with E-state index >= 15 is 0 Å². The van der Waals surface area contributed by atoms with Gasteiger partial charge in [0.1, 0.15) is 36.4 Å². The molecule has 0 aliphatic carbocycles. The van der Waals surface area contributed by atoms with Crippen LogP contribution in [0, 0.1) is 11.8 Å². The summed E-state index contributed by atoms with van der Waals surface area (Å²) in [6.07, 6.45) is 5.25. The lowest BCUT2D eigenvalue weighted by molar-refractivity contribution is -0.155. The molecule has 0 aliphatic heterocycles. The fourth-order valence-electron chi connectivity index (χ4n) is 6.41. The maximum Gasteiger partial charge on any atom is 0.408 e. The van der Waals surface area contributed by atoms with Crippen molar-refractivity contribution in [3.63, 3.8) is 0 Å². The fraction of sp³-hybridized carbons (Fsp3) is 0.522. The highest BCUT2D eigenvalue weighted by Crippen LogP contribution is 2.14. The number of unbranched alkanes of at least 4 members (excludes halogenated alkanes) is 3. The van der Waals surface area contributed by atoms with Gasteiger partial charge in [-0.25, -0.2) is 9.78 Å². The third-order valence-electron chi connectivity index (χ3n) is 9.52. The Balaban J connectivity index is 1.68. The van der Waals surface area contributed by atoms with E-state index in [1.165, 1.54) is 12.5 Å². The zero-order valence-electron chi connectivity index (χ0n) is 37.1. The van der Waals surface area contributed by atoms with Gasteiger partial charge in [0.05, 0.1) is 6.33 Å². The standard InChI is InChI=1S/C46H65N7O9/c1-30(2)24-35(43(58)53-40(31(3)4)44(59)52-38(54)22-16-8-9-17-23-39(55)62-46(5,6)7)49-42(57)37(26-34-27-47-29-48-34)50-41(56)36(25-32-18-12-10-13-19-32)51-45(60)61-28-33-20-14-11-15-21-33/h10-15,18-21,27,29-31,35-37,40H,8-9,16-17,22-26,28H2,1-7H3,(H,47,48)(H,49,57)(H,50,56)(H,51,60)(H,53,58)(H,52,54,59)/t35-,36-,37-,40-/m0/s1. The lowest BCUT2D eigenvalue weighted by Crippen LogP contribution is -2.60. The van der Waals surface area contributed by atoms with Crippen molar-refractivity contribution in [2.75, 3.05) is 0 Å². The van der Waals surface area contributed by atoms with Gasteiger partial charge in [-0.3, -0.25) is 34.1 Å². The minimum atomic E-state index is -1.23. The first-order valence-corrected chi connectivity index (χ1v) is 21.3. The smallest absolute Gasteiger partial charge is 0.408 e. The van der Waals surface area contributed by atoms with Gasteiger partial charge in [0, 0.05) is 37.6 Å². The van der Waals surface area contributed by atoms with E-state index in [0.717, 1.165) is 17.5 Å². The fourth-order valence-corrected chi connectivity index (χ4v) is 6.41. The van der Waals surface area contributed by atoms with Crippen molar-refractivity contribution in [3.8, 4) is 0 Å². The molecule has 0 radical (unpaired) electrons. The van der Waals surface area contributed by atoms with Crippen LogP contribution >= 0.6 is 0 Å². The Morgan fingerprint density at radius 3 is 1.79 bits per heavy atom. The first kappa shape index (κ1) is 50.3. The molecule has 62 heavy (non-hydrogen) atoms. The van der Waals surface area contributed by atoms with E-state index in [9.17, 15) is 33.6 Å². The lowest BCUT2D eigenvalue weighted by atomic mass is 9.99. The van der Waals surface area contributed by atoms with Crippen LogP contribution in [0.2, 0.25) is 0 Å². The van der Waals surface area contributed by atoms with Gasteiger partial charge in [-0.15, -0.1) is 0 Å². The Hall–Kier alpha value is -6.06. The number of rotatable bonds is 24. The highest BCUT2D eigenvalue weighted by atomic mass is 16.6. The number of H-pyrrole nitrogens is 1. The van der Waals surface area contributed by atoms with E-state index in [2.05, 4.69) is 36.6 Å². The summed E-state index contributed by atoms with van der Waals surface area (Å²) in [6.45, 7) is 12.6. The molecule has 0 saturated carbocycles. The number of nitrogens with zero attached hydrogens (tertiary/aromatic N) is 1. The SMILES string of the molecule is CC(C)C[C@H](NC(=O)[C@H](Cc1cnc[nH]1)NC(=O)[C@H](Cc1ccccc1)NC(=O)OCc1ccccc1)C(=O)N[C@H](C(=O)NC(=O)CCCCCCC(=O)OC(C)(C)C)C(C)C. The number of alkyl carbamates (subject to hydrolysis) is 1. The molecule has 1 heterocycles. The van der Waals surface area contributed by atoms with E-state index in [1.807, 2.05) is 58.9 Å². The predicted molar refractivity (Wildman–Crippen MR) is 233 cm³/mol. The molecule has 0 unspecified atom stereocenters. The highest BCUT2D eigenvalue weighted by Gasteiger charge is 2.33. The molecule has 0 spiro atoms. The second-order valence-corrected chi connectivity index (χ2v) is 17.1. The number of ether oxygens (including phenoxy) is 2.